The van der Waals surface area contributed by atoms with Gasteiger partial charge in [-0.3, -0.25) is 4.79 Å². The number of hydrogen-bond donors (Lipinski definition) is 1. The maximum absolute atomic E-state index is 13.1. The minimum absolute atomic E-state index is 0.00390. The van der Waals surface area contributed by atoms with Gasteiger partial charge in [0, 0.05) is 29.9 Å². The largest absolute Gasteiger partial charge is 0.395 e. The van der Waals surface area contributed by atoms with Gasteiger partial charge in [0.05, 0.1) is 6.61 Å². The number of aromatic nitrogens is 1. The molecule has 2 aromatic rings. The number of hydrogen-bond acceptors (Lipinski definition) is 2. The molecule has 3 rings (SSSR count). The molecule has 4 heteroatoms. The summed E-state index contributed by atoms with van der Waals surface area (Å²) in [7, 11) is 0. The third-order valence-corrected chi connectivity index (χ3v) is 4.26. The molecule has 0 unspecified atom stereocenters. The highest BCUT2D eigenvalue weighted by Gasteiger charge is 2.34. The van der Waals surface area contributed by atoms with Crippen LogP contribution in [-0.2, 0) is 13.0 Å². The summed E-state index contributed by atoms with van der Waals surface area (Å²) >= 11 is 0. The molecule has 1 N–H and O–H groups in total. The number of halogens is 1. The van der Waals surface area contributed by atoms with Crippen LogP contribution in [0, 0.1) is 11.2 Å². The van der Waals surface area contributed by atoms with Crippen LogP contribution in [0.5, 0.6) is 0 Å². The quantitative estimate of drug-likeness (QED) is 0.943. The first-order valence-electron chi connectivity index (χ1n) is 7.54. The van der Waals surface area contributed by atoms with Gasteiger partial charge in [0.1, 0.15) is 5.82 Å². The SMILES string of the molecule is CC1(C)CC(=O)c2cc(-c3ccc(F)cc3)n(CCO)c2C1. The number of rotatable bonds is 3. The normalized spacial score (nSPS) is 16.6. The highest BCUT2D eigenvalue weighted by Crippen LogP contribution is 2.38. The Kier molecular flexibility index (Phi) is 3.65. The Hall–Kier alpha value is -1.94. The molecule has 1 heterocycles. The van der Waals surface area contributed by atoms with Crippen LogP contribution in [0.3, 0.4) is 0 Å². The van der Waals surface area contributed by atoms with E-state index in [-0.39, 0.29) is 23.6 Å². The lowest BCUT2D eigenvalue weighted by atomic mass is 9.76. The van der Waals surface area contributed by atoms with Crippen LogP contribution >= 0.6 is 0 Å². The summed E-state index contributed by atoms with van der Waals surface area (Å²) in [5.41, 5.74) is 3.37. The van der Waals surface area contributed by atoms with Gasteiger partial charge in [-0.25, -0.2) is 4.39 Å². The Morgan fingerprint density at radius 2 is 1.91 bits per heavy atom. The molecule has 0 saturated carbocycles. The van der Waals surface area contributed by atoms with E-state index in [4.69, 9.17) is 0 Å². The molecule has 1 aliphatic carbocycles. The number of benzene rings is 1. The van der Waals surface area contributed by atoms with Crippen LogP contribution in [0.4, 0.5) is 4.39 Å². The molecule has 0 radical (unpaired) electrons. The van der Waals surface area contributed by atoms with E-state index in [0.29, 0.717) is 13.0 Å². The molecule has 3 nitrogen and oxygen atoms in total. The molecule has 1 aliphatic rings. The summed E-state index contributed by atoms with van der Waals surface area (Å²) in [6.45, 7) is 4.61. The van der Waals surface area contributed by atoms with Gasteiger partial charge >= 0.3 is 0 Å². The maximum atomic E-state index is 13.1. The second-order valence-electron chi connectivity index (χ2n) is 6.71. The topological polar surface area (TPSA) is 42.2 Å². The minimum atomic E-state index is -0.286. The van der Waals surface area contributed by atoms with Crippen LogP contribution in [0.25, 0.3) is 11.3 Å². The zero-order chi connectivity index (χ0) is 15.9. The van der Waals surface area contributed by atoms with Crippen molar-refractivity contribution in [1.82, 2.24) is 4.57 Å². The third kappa shape index (κ3) is 2.59. The molecule has 0 aliphatic heterocycles. The number of aliphatic hydroxyl groups excluding tert-OH is 1. The number of nitrogens with zero attached hydrogens (tertiary/aromatic N) is 1. The van der Waals surface area contributed by atoms with Crippen LogP contribution in [0.15, 0.2) is 30.3 Å². The number of carbonyl (C=O) groups is 1. The van der Waals surface area contributed by atoms with E-state index in [2.05, 4.69) is 13.8 Å². The van der Waals surface area contributed by atoms with Crippen molar-refractivity contribution in [2.75, 3.05) is 6.61 Å². The van der Waals surface area contributed by atoms with E-state index < -0.39 is 0 Å². The van der Waals surface area contributed by atoms with E-state index in [0.717, 1.165) is 28.9 Å². The summed E-state index contributed by atoms with van der Waals surface area (Å²) in [5.74, 6) is -0.141. The molecular weight excluding hydrogens is 281 g/mol. The molecule has 1 aromatic carbocycles. The van der Waals surface area contributed by atoms with Crippen molar-refractivity contribution < 1.29 is 14.3 Å². The molecule has 0 saturated heterocycles. The minimum Gasteiger partial charge on any atom is -0.395 e. The predicted molar refractivity (Wildman–Crippen MR) is 83.3 cm³/mol. The molecule has 0 bridgehead atoms. The van der Waals surface area contributed by atoms with Gasteiger partial charge < -0.3 is 9.67 Å². The summed E-state index contributed by atoms with van der Waals surface area (Å²) in [5, 5.41) is 9.39. The van der Waals surface area contributed by atoms with E-state index in [1.807, 2.05) is 10.6 Å². The monoisotopic (exact) mass is 301 g/mol. The van der Waals surface area contributed by atoms with E-state index in [1.165, 1.54) is 12.1 Å². The fourth-order valence-corrected chi connectivity index (χ4v) is 3.28. The first-order valence-corrected chi connectivity index (χ1v) is 7.54. The van der Waals surface area contributed by atoms with Gasteiger partial charge in [-0.2, -0.15) is 0 Å². The van der Waals surface area contributed by atoms with Crippen molar-refractivity contribution in [1.29, 1.82) is 0 Å². The molecule has 0 spiro atoms. The molecule has 0 amide bonds. The Labute approximate surface area is 129 Å². The number of ketones is 1. The van der Waals surface area contributed by atoms with Gasteiger partial charge in [-0.1, -0.05) is 13.8 Å². The van der Waals surface area contributed by atoms with Crippen molar-refractivity contribution in [2.45, 2.75) is 33.2 Å². The number of Topliss-reactive ketones (excluding diaryl/α,β-unsaturated/α-hetero) is 1. The molecule has 22 heavy (non-hydrogen) atoms. The highest BCUT2D eigenvalue weighted by molar-refractivity contribution is 6.00. The highest BCUT2D eigenvalue weighted by atomic mass is 19.1. The molecule has 0 atom stereocenters. The standard InChI is InChI=1S/C18H20FNO2/c1-18(2)10-16-14(17(22)11-18)9-15(20(16)7-8-21)12-3-5-13(19)6-4-12/h3-6,9,21H,7-8,10-11H2,1-2H3. The Balaban J connectivity index is 2.16. The maximum Gasteiger partial charge on any atom is 0.165 e. The lowest BCUT2D eigenvalue weighted by Gasteiger charge is -2.29. The predicted octanol–water partition coefficient (Wildman–Crippen LogP) is 3.44. The Bertz CT molecular complexity index is 713. The van der Waals surface area contributed by atoms with E-state index in [1.54, 1.807) is 12.1 Å². The van der Waals surface area contributed by atoms with Crippen molar-refractivity contribution in [3.8, 4) is 11.3 Å². The fourth-order valence-electron chi connectivity index (χ4n) is 3.28. The lowest BCUT2D eigenvalue weighted by Crippen LogP contribution is -2.28. The smallest absolute Gasteiger partial charge is 0.165 e. The molecule has 116 valence electrons. The summed E-state index contributed by atoms with van der Waals surface area (Å²) < 4.78 is 15.1. The molecule has 0 fully saturated rings. The Morgan fingerprint density at radius 3 is 2.55 bits per heavy atom. The van der Waals surface area contributed by atoms with Crippen molar-refractivity contribution in [3.63, 3.8) is 0 Å². The average Bonchev–Trinajstić information content (AvgIpc) is 2.78. The fraction of sp³-hybridized carbons (Fsp3) is 0.389. The van der Waals surface area contributed by atoms with Gasteiger partial charge in [0.15, 0.2) is 5.78 Å². The molecular formula is C18H20FNO2. The van der Waals surface area contributed by atoms with Gasteiger partial charge in [-0.05, 0) is 47.7 Å². The van der Waals surface area contributed by atoms with E-state index in [9.17, 15) is 14.3 Å². The van der Waals surface area contributed by atoms with Crippen LogP contribution in [-0.4, -0.2) is 22.1 Å². The van der Waals surface area contributed by atoms with Crippen molar-refractivity contribution >= 4 is 5.78 Å². The number of fused-ring (bicyclic) bond motifs is 1. The van der Waals surface area contributed by atoms with E-state index >= 15 is 0 Å². The average molecular weight is 301 g/mol. The van der Waals surface area contributed by atoms with Gasteiger partial charge in [0.25, 0.3) is 0 Å². The first-order chi connectivity index (χ1) is 10.4. The van der Waals surface area contributed by atoms with Crippen molar-refractivity contribution in [2.24, 2.45) is 5.41 Å². The van der Waals surface area contributed by atoms with Crippen LogP contribution in [0.2, 0.25) is 0 Å². The van der Waals surface area contributed by atoms with Gasteiger partial charge in [0.2, 0.25) is 0 Å². The Morgan fingerprint density at radius 1 is 1.23 bits per heavy atom. The lowest BCUT2D eigenvalue weighted by molar-refractivity contribution is 0.0909. The zero-order valence-electron chi connectivity index (χ0n) is 12.9. The summed E-state index contributed by atoms with van der Waals surface area (Å²) in [6, 6.07) is 8.13. The summed E-state index contributed by atoms with van der Waals surface area (Å²) in [6.07, 6.45) is 1.33. The zero-order valence-corrected chi connectivity index (χ0v) is 12.9. The summed E-state index contributed by atoms with van der Waals surface area (Å²) in [4.78, 5) is 12.4. The second kappa shape index (κ2) is 5.36. The van der Waals surface area contributed by atoms with Crippen molar-refractivity contribution in [3.05, 3.63) is 47.4 Å². The molecule has 1 aromatic heterocycles. The number of carbonyl (C=O) groups excluding carboxylic acids is 1. The number of aliphatic hydroxyl groups is 1. The first kappa shape index (κ1) is 15.0. The van der Waals surface area contributed by atoms with Crippen LogP contribution in [0.1, 0.15) is 36.3 Å². The second-order valence-corrected chi connectivity index (χ2v) is 6.71. The van der Waals surface area contributed by atoms with Gasteiger partial charge in [-0.15, -0.1) is 0 Å². The van der Waals surface area contributed by atoms with Crippen LogP contribution < -0.4 is 0 Å². The third-order valence-electron chi connectivity index (χ3n) is 4.26.